The van der Waals surface area contributed by atoms with Gasteiger partial charge in [0.2, 0.25) is 0 Å². The average Bonchev–Trinajstić information content (AvgIpc) is 2.62. The first-order chi connectivity index (χ1) is 10.7. The van der Waals surface area contributed by atoms with Crippen LogP contribution in [0.5, 0.6) is 0 Å². The molecule has 0 radical (unpaired) electrons. The first kappa shape index (κ1) is 22.0. The number of aliphatic hydroxyl groups is 1. The van der Waals surface area contributed by atoms with Gasteiger partial charge in [-0.15, -0.1) is 6.42 Å². The zero-order valence-corrected chi connectivity index (χ0v) is 14.2. The molecule has 1 heteroatoms. The second kappa shape index (κ2) is 13.7. The van der Waals surface area contributed by atoms with Crippen LogP contribution >= 0.6 is 0 Å². The van der Waals surface area contributed by atoms with Crippen LogP contribution in [-0.2, 0) is 5.60 Å². The Balaban J connectivity index is 0. The highest BCUT2D eigenvalue weighted by molar-refractivity contribution is 5.47. The van der Waals surface area contributed by atoms with Crippen LogP contribution in [0.25, 0.3) is 0 Å². The number of terminal acetylenes is 1. The van der Waals surface area contributed by atoms with E-state index < -0.39 is 5.60 Å². The Morgan fingerprint density at radius 3 is 2.05 bits per heavy atom. The van der Waals surface area contributed by atoms with Crippen molar-refractivity contribution >= 4 is 0 Å². The molecule has 0 fully saturated rings. The van der Waals surface area contributed by atoms with E-state index in [1.807, 2.05) is 45.9 Å². The van der Waals surface area contributed by atoms with E-state index in [2.05, 4.69) is 19.1 Å². The van der Waals surface area contributed by atoms with E-state index in [1.54, 1.807) is 42.5 Å². The van der Waals surface area contributed by atoms with Crippen molar-refractivity contribution in [3.63, 3.8) is 0 Å². The highest BCUT2D eigenvalue weighted by atomic mass is 16.3. The minimum atomic E-state index is -1.46. The van der Waals surface area contributed by atoms with Gasteiger partial charge in [-0.3, -0.25) is 0 Å². The van der Waals surface area contributed by atoms with Crippen LogP contribution in [0.2, 0.25) is 0 Å². The lowest BCUT2D eigenvalue weighted by Gasteiger charge is -2.24. The van der Waals surface area contributed by atoms with Crippen LogP contribution in [0.3, 0.4) is 0 Å². The second-order valence-corrected chi connectivity index (χ2v) is 3.67. The maximum absolute atomic E-state index is 10.7. The molecule has 1 aromatic rings. The highest BCUT2D eigenvalue weighted by Gasteiger charge is 2.29. The van der Waals surface area contributed by atoms with Crippen molar-refractivity contribution in [2.45, 2.75) is 33.3 Å². The predicted octanol–water partition coefficient (Wildman–Crippen LogP) is 5.41. The third-order valence-corrected chi connectivity index (χ3v) is 2.53. The third kappa shape index (κ3) is 6.43. The summed E-state index contributed by atoms with van der Waals surface area (Å²) in [4.78, 5) is 0. The molecule has 22 heavy (non-hydrogen) atoms. The number of rotatable bonds is 5. The van der Waals surface area contributed by atoms with Crippen LogP contribution < -0.4 is 0 Å². The van der Waals surface area contributed by atoms with E-state index in [9.17, 15) is 5.11 Å². The monoisotopic (exact) mass is 296 g/mol. The zero-order chi connectivity index (χ0) is 17.4. The molecular formula is C21H28O. The fourth-order valence-corrected chi connectivity index (χ4v) is 1.61. The fourth-order valence-electron chi connectivity index (χ4n) is 1.61. The molecule has 0 aliphatic heterocycles. The lowest BCUT2D eigenvalue weighted by atomic mass is 9.86. The van der Waals surface area contributed by atoms with E-state index in [0.29, 0.717) is 11.1 Å². The summed E-state index contributed by atoms with van der Waals surface area (Å²) in [6.45, 7) is 15.2. The molecule has 1 nitrogen and oxygen atoms in total. The van der Waals surface area contributed by atoms with E-state index in [0.717, 1.165) is 0 Å². The maximum atomic E-state index is 10.7. The van der Waals surface area contributed by atoms with E-state index in [1.165, 1.54) is 0 Å². The SMILES string of the molecule is C#CC(O)(C(/C=C\C=C)=C/C=C)c1ccccc1.CC.CC. The number of benzene rings is 1. The Hall–Kier alpha value is -2.30. The molecule has 1 aromatic carbocycles. The van der Waals surface area contributed by atoms with Crippen molar-refractivity contribution in [2.24, 2.45) is 0 Å². The third-order valence-electron chi connectivity index (χ3n) is 2.53. The van der Waals surface area contributed by atoms with Gasteiger partial charge >= 0.3 is 0 Å². The molecule has 1 atom stereocenters. The molecule has 0 spiro atoms. The molecule has 0 aromatic heterocycles. The Kier molecular flexibility index (Phi) is 13.7. The van der Waals surface area contributed by atoms with Gasteiger partial charge in [0.05, 0.1) is 0 Å². The topological polar surface area (TPSA) is 20.2 Å². The van der Waals surface area contributed by atoms with E-state index in [4.69, 9.17) is 6.42 Å². The molecule has 1 N–H and O–H groups in total. The highest BCUT2D eigenvalue weighted by Crippen LogP contribution is 2.29. The van der Waals surface area contributed by atoms with Gasteiger partial charge in [-0.05, 0) is 0 Å². The maximum Gasteiger partial charge on any atom is 0.176 e. The number of hydrogen-bond donors (Lipinski definition) is 1. The number of allylic oxidation sites excluding steroid dienone is 4. The molecule has 0 saturated carbocycles. The molecule has 118 valence electrons. The van der Waals surface area contributed by atoms with Gasteiger partial charge in [-0.1, -0.05) is 107 Å². The standard InChI is InChI=1S/C17H16O.2C2H6/c1-4-7-12-15(11-5-2)17(18,6-3)16-13-9-8-10-14-16;2*1-2/h3-5,7-14,18H,1-2H2;2*1-2H3/b12-7-,15-11+;;. The second-order valence-electron chi connectivity index (χ2n) is 3.67. The van der Waals surface area contributed by atoms with Crippen LogP contribution in [0.4, 0.5) is 0 Å². The Bertz CT molecular complexity index is 515. The van der Waals surface area contributed by atoms with Crippen molar-refractivity contribution in [3.05, 3.63) is 85.0 Å². The fraction of sp³-hybridized carbons (Fsp3) is 0.238. The van der Waals surface area contributed by atoms with Gasteiger partial charge in [0.1, 0.15) is 0 Å². The lowest BCUT2D eigenvalue weighted by Crippen LogP contribution is -2.25. The number of hydrogen-bond acceptors (Lipinski definition) is 1. The predicted molar refractivity (Wildman–Crippen MR) is 99.5 cm³/mol. The average molecular weight is 296 g/mol. The van der Waals surface area contributed by atoms with Crippen LogP contribution in [0.15, 0.2) is 79.4 Å². The summed E-state index contributed by atoms with van der Waals surface area (Å²) in [6, 6.07) is 9.12. The Morgan fingerprint density at radius 2 is 1.64 bits per heavy atom. The van der Waals surface area contributed by atoms with E-state index >= 15 is 0 Å². The summed E-state index contributed by atoms with van der Waals surface area (Å²) in [5.74, 6) is 2.44. The smallest absolute Gasteiger partial charge is 0.176 e. The molecule has 0 aliphatic rings. The van der Waals surface area contributed by atoms with E-state index in [-0.39, 0.29) is 0 Å². The molecule has 0 bridgehead atoms. The van der Waals surface area contributed by atoms with Crippen molar-refractivity contribution in [3.8, 4) is 12.3 Å². The molecule has 0 aliphatic carbocycles. The van der Waals surface area contributed by atoms with Gasteiger partial charge in [0, 0.05) is 11.1 Å². The molecule has 0 saturated heterocycles. The first-order valence-corrected chi connectivity index (χ1v) is 7.57. The molecular weight excluding hydrogens is 268 g/mol. The lowest BCUT2D eigenvalue weighted by molar-refractivity contribution is 0.144. The minimum Gasteiger partial charge on any atom is -0.369 e. The summed E-state index contributed by atoms with van der Waals surface area (Å²) in [7, 11) is 0. The summed E-state index contributed by atoms with van der Waals surface area (Å²) >= 11 is 0. The van der Waals surface area contributed by atoms with Gasteiger partial charge < -0.3 is 5.11 Å². The van der Waals surface area contributed by atoms with Gasteiger partial charge in [-0.25, -0.2) is 0 Å². The van der Waals surface area contributed by atoms with Crippen LogP contribution in [-0.4, -0.2) is 5.11 Å². The first-order valence-electron chi connectivity index (χ1n) is 7.57. The minimum absolute atomic E-state index is 0.575. The van der Waals surface area contributed by atoms with Crippen LogP contribution in [0.1, 0.15) is 33.3 Å². The van der Waals surface area contributed by atoms with Gasteiger partial charge in [0.15, 0.2) is 5.60 Å². The Labute approximate surface area is 136 Å². The van der Waals surface area contributed by atoms with Gasteiger partial charge in [-0.2, -0.15) is 0 Å². The van der Waals surface area contributed by atoms with Crippen molar-refractivity contribution in [1.29, 1.82) is 0 Å². The van der Waals surface area contributed by atoms with Crippen molar-refractivity contribution in [2.75, 3.05) is 0 Å². The molecule has 1 unspecified atom stereocenters. The largest absolute Gasteiger partial charge is 0.369 e. The summed E-state index contributed by atoms with van der Waals surface area (Å²) in [5, 5.41) is 10.7. The zero-order valence-electron chi connectivity index (χ0n) is 14.2. The summed E-state index contributed by atoms with van der Waals surface area (Å²) < 4.78 is 0. The van der Waals surface area contributed by atoms with Gasteiger partial charge in [0.25, 0.3) is 0 Å². The molecule has 0 heterocycles. The summed E-state index contributed by atoms with van der Waals surface area (Å²) in [5.41, 5.74) is -0.241. The van der Waals surface area contributed by atoms with Crippen molar-refractivity contribution < 1.29 is 5.11 Å². The molecule has 1 rings (SSSR count). The van der Waals surface area contributed by atoms with Crippen LogP contribution in [0, 0.1) is 12.3 Å². The Morgan fingerprint density at radius 1 is 1.09 bits per heavy atom. The summed E-state index contributed by atoms with van der Waals surface area (Å²) in [6.07, 6.45) is 13.9. The normalized spacial score (nSPS) is 12.6. The molecule has 0 amide bonds. The quantitative estimate of drug-likeness (QED) is 0.568. The van der Waals surface area contributed by atoms with Crippen molar-refractivity contribution in [1.82, 2.24) is 0 Å².